The van der Waals surface area contributed by atoms with E-state index in [0.717, 1.165) is 71.0 Å². The summed E-state index contributed by atoms with van der Waals surface area (Å²) in [5.74, 6) is 2.55. The molecule has 2 N–H and O–H groups in total. The Kier molecular flexibility index (Phi) is 7.49. The van der Waals surface area contributed by atoms with Crippen molar-refractivity contribution in [3.8, 4) is 16.9 Å². The van der Waals surface area contributed by atoms with Crippen molar-refractivity contribution in [2.45, 2.75) is 33.2 Å². The number of ether oxygens (including phenoxy) is 1. The highest BCUT2D eigenvalue weighted by atomic mass is 16.5. The number of aromatic nitrogens is 4. The number of urea groups is 1. The quantitative estimate of drug-likeness (QED) is 0.346. The van der Waals surface area contributed by atoms with Gasteiger partial charge in [-0.15, -0.1) is 0 Å². The molecular weight excluding hydrogens is 466 g/mol. The van der Waals surface area contributed by atoms with Crippen LogP contribution in [0.3, 0.4) is 0 Å². The summed E-state index contributed by atoms with van der Waals surface area (Å²) in [5.41, 5.74) is 5.07. The monoisotopic (exact) mass is 499 g/mol. The summed E-state index contributed by atoms with van der Waals surface area (Å²) in [5, 5.41) is 3.11. The SMILES string of the molecule is CCCCOc1ccc(-c2ccc3nc(C)[nH]c3c2)cc1CNC(=O)N1CCN(c2cnccn2)CC1. The number of rotatable bonds is 8. The number of anilines is 1. The number of amides is 2. The van der Waals surface area contributed by atoms with Gasteiger partial charge in [0.05, 0.1) is 23.8 Å². The molecule has 1 fully saturated rings. The number of benzene rings is 2. The molecule has 1 aliphatic rings. The second-order valence-electron chi connectivity index (χ2n) is 9.28. The molecule has 9 nitrogen and oxygen atoms in total. The first-order chi connectivity index (χ1) is 18.1. The first-order valence-electron chi connectivity index (χ1n) is 12.9. The molecule has 4 aromatic rings. The van der Waals surface area contributed by atoms with Gasteiger partial charge in [-0.3, -0.25) is 4.98 Å². The molecule has 3 heterocycles. The largest absolute Gasteiger partial charge is 0.493 e. The molecule has 0 atom stereocenters. The molecule has 9 heteroatoms. The van der Waals surface area contributed by atoms with Crippen molar-refractivity contribution in [3.05, 3.63) is 66.4 Å². The van der Waals surface area contributed by atoms with Crippen LogP contribution in [-0.4, -0.2) is 63.7 Å². The maximum Gasteiger partial charge on any atom is 0.317 e. The topological polar surface area (TPSA) is 99.3 Å². The van der Waals surface area contributed by atoms with Crippen LogP contribution in [-0.2, 0) is 6.54 Å². The van der Waals surface area contributed by atoms with E-state index in [1.54, 1.807) is 18.6 Å². The molecule has 1 aliphatic heterocycles. The van der Waals surface area contributed by atoms with E-state index in [1.165, 1.54) is 0 Å². The number of aryl methyl sites for hydroxylation is 1. The highest BCUT2D eigenvalue weighted by molar-refractivity contribution is 5.82. The van der Waals surface area contributed by atoms with E-state index < -0.39 is 0 Å². The van der Waals surface area contributed by atoms with Crippen molar-refractivity contribution in [3.63, 3.8) is 0 Å². The van der Waals surface area contributed by atoms with E-state index in [0.29, 0.717) is 26.2 Å². The highest BCUT2D eigenvalue weighted by Gasteiger charge is 2.22. The van der Waals surface area contributed by atoms with Crippen LogP contribution in [0, 0.1) is 6.92 Å². The van der Waals surface area contributed by atoms with Gasteiger partial charge in [0.2, 0.25) is 0 Å². The number of piperazine rings is 1. The number of H-pyrrole nitrogens is 1. The van der Waals surface area contributed by atoms with Gasteiger partial charge in [0.1, 0.15) is 17.4 Å². The summed E-state index contributed by atoms with van der Waals surface area (Å²) < 4.78 is 6.08. The van der Waals surface area contributed by atoms with Crippen LogP contribution in [0.2, 0.25) is 0 Å². The zero-order valence-corrected chi connectivity index (χ0v) is 21.4. The number of aromatic amines is 1. The van der Waals surface area contributed by atoms with Gasteiger partial charge in [-0.05, 0) is 48.7 Å². The highest BCUT2D eigenvalue weighted by Crippen LogP contribution is 2.29. The lowest BCUT2D eigenvalue weighted by atomic mass is 10.0. The summed E-state index contributed by atoms with van der Waals surface area (Å²) in [7, 11) is 0. The third-order valence-electron chi connectivity index (χ3n) is 6.62. The minimum absolute atomic E-state index is 0.0712. The molecule has 0 spiro atoms. The number of carbonyl (C=O) groups excluding carboxylic acids is 1. The molecule has 0 unspecified atom stereocenters. The van der Waals surface area contributed by atoms with Gasteiger partial charge in [0.25, 0.3) is 0 Å². The van der Waals surface area contributed by atoms with Crippen LogP contribution in [0.1, 0.15) is 31.2 Å². The Balaban J connectivity index is 1.27. The zero-order valence-electron chi connectivity index (χ0n) is 21.4. The van der Waals surface area contributed by atoms with Crippen molar-refractivity contribution in [1.82, 2.24) is 30.2 Å². The first kappa shape index (κ1) is 24.5. The van der Waals surface area contributed by atoms with E-state index in [-0.39, 0.29) is 6.03 Å². The molecule has 0 bridgehead atoms. The zero-order chi connectivity index (χ0) is 25.6. The molecular formula is C28H33N7O2. The Labute approximate surface area is 216 Å². The minimum Gasteiger partial charge on any atom is -0.493 e. The first-order valence-corrected chi connectivity index (χ1v) is 12.9. The number of hydrogen-bond acceptors (Lipinski definition) is 6. The van der Waals surface area contributed by atoms with Crippen molar-refractivity contribution >= 4 is 22.9 Å². The van der Waals surface area contributed by atoms with E-state index in [1.807, 2.05) is 24.0 Å². The molecule has 0 saturated carbocycles. The van der Waals surface area contributed by atoms with Crippen LogP contribution in [0.15, 0.2) is 55.0 Å². The molecule has 192 valence electrons. The fourth-order valence-electron chi connectivity index (χ4n) is 4.56. The Bertz CT molecular complexity index is 1350. The predicted octanol–water partition coefficient (Wildman–Crippen LogP) is 4.54. The Hall–Kier alpha value is -4.14. The fraction of sp³-hybridized carbons (Fsp3) is 0.357. The van der Waals surface area contributed by atoms with Crippen LogP contribution >= 0.6 is 0 Å². The Morgan fingerprint density at radius 2 is 1.89 bits per heavy atom. The van der Waals surface area contributed by atoms with Gasteiger partial charge in [0.15, 0.2) is 0 Å². The van der Waals surface area contributed by atoms with Crippen LogP contribution in [0.4, 0.5) is 10.6 Å². The molecule has 2 amide bonds. The normalized spacial score (nSPS) is 13.7. The summed E-state index contributed by atoms with van der Waals surface area (Å²) in [4.78, 5) is 33.3. The van der Waals surface area contributed by atoms with Gasteiger partial charge < -0.3 is 24.8 Å². The maximum absolute atomic E-state index is 13.0. The van der Waals surface area contributed by atoms with Crippen molar-refractivity contribution in [1.29, 1.82) is 0 Å². The third-order valence-corrected chi connectivity index (χ3v) is 6.62. The Morgan fingerprint density at radius 1 is 1.08 bits per heavy atom. The minimum atomic E-state index is -0.0712. The molecule has 2 aromatic heterocycles. The lowest BCUT2D eigenvalue weighted by Crippen LogP contribution is -2.51. The van der Waals surface area contributed by atoms with E-state index in [9.17, 15) is 4.79 Å². The smallest absolute Gasteiger partial charge is 0.317 e. The average Bonchev–Trinajstić information content (AvgIpc) is 3.32. The van der Waals surface area contributed by atoms with Gasteiger partial charge in [-0.2, -0.15) is 0 Å². The predicted molar refractivity (Wildman–Crippen MR) is 145 cm³/mol. The van der Waals surface area contributed by atoms with E-state index >= 15 is 0 Å². The van der Waals surface area contributed by atoms with Gasteiger partial charge in [0, 0.05) is 50.7 Å². The van der Waals surface area contributed by atoms with Crippen LogP contribution in [0.25, 0.3) is 22.2 Å². The summed E-state index contributed by atoms with van der Waals surface area (Å²) in [6, 6.07) is 12.3. The number of imidazole rings is 1. The number of unbranched alkanes of at least 4 members (excludes halogenated alkanes) is 1. The van der Waals surface area contributed by atoms with E-state index in [2.05, 4.69) is 61.3 Å². The van der Waals surface area contributed by atoms with Gasteiger partial charge in [-0.25, -0.2) is 14.8 Å². The number of fused-ring (bicyclic) bond motifs is 1. The summed E-state index contributed by atoms with van der Waals surface area (Å²) in [6.45, 7) is 7.86. The van der Waals surface area contributed by atoms with Gasteiger partial charge in [-0.1, -0.05) is 25.5 Å². The fourth-order valence-corrected chi connectivity index (χ4v) is 4.56. The number of carbonyl (C=O) groups is 1. The average molecular weight is 500 g/mol. The lowest BCUT2D eigenvalue weighted by molar-refractivity contribution is 0.193. The molecule has 37 heavy (non-hydrogen) atoms. The number of nitrogens with one attached hydrogen (secondary N) is 2. The van der Waals surface area contributed by atoms with E-state index in [4.69, 9.17) is 4.74 Å². The van der Waals surface area contributed by atoms with Gasteiger partial charge >= 0.3 is 6.03 Å². The summed E-state index contributed by atoms with van der Waals surface area (Å²) >= 11 is 0. The third kappa shape index (κ3) is 5.82. The maximum atomic E-state index is 13.0. The molecule has 0 aliphatic carbocycles. The van der Waals surface area contributed by atoms with Crippen molar-refractivity contribution in [2.24, 2.45) is 0 Å². The van der Waals surface area contributed by atoms with Crippen molar-refractivity contribution in [2.75, 3.05) is 37.7 Å². The lowest BCUT2D eigenvalue weighted by Gasteiger charge is -2.35. The standard InChI is InChI=1S/C28H33N7O2/c1-3-4-15-37-26-8-6-21(22-5-7-24-25(17-22)33-20(2)32-24)16-23(26)18-31-28(36)35-13-11-34(12-14-35)27-19-29-9-10-30-27/h5-10,16-17,19H,3-4,11-15,18H2,1-2H3,(H,31,36)(H,32,33). The number of nitrogens with zero attached hydrogens (tertiary/aromatic N) is 5. The molecule has 2 aromatic carbocycles. The second kappa shape index (κ2) is 11.3. The summed E-state index contributed by atoms with van der Waals surface area (Å²) in [6.07, 6.45) is 7.16. The Morgan fingerprint density at radius 3 is 2.68 bits per heavy atom. The molecule has 0 radical (unpaired) electrons. The van der Waals surface area contributed by atoms with Crippen molar-refractivity contribution < 1.29 is 9.53 Å². The van der Waals surface area contributed by atoms with Crippen LogP contribution < -0.4 is 15.0 Å². The molecule has 5 rings (SSSR count). The second-order valence-corrected chi connectivity index (χ2v) is 9.28. The number of hydrogen-bond donors (Lipinski definition) is 2. The van der Waals surface area contributed by atoms with Crippen LogP contribution in [0.5, 0.6) is 5.75 Å². The molecule has 1 saturated heterocycles.